The van der Waals surface area contributed by atoms with Gasteiger partial charge in [-0.2, -0.15) is 8.42 Å². The Morgan fingerprint density at radius 2 is 1.94 bits per heavy atom. The largest absolute Gasteiger partial charge is 0.297 e. The molecule has 0 spiro atoms. The number of hydrogen-bond donors (Lipinski definition) is 0. The van der Waals surface area contributed by atoms with E-state index in [1.54, 1.807) is 30.3 Å². The minimum absolute atomic E-state index is 0.0718. The molecule has 0 aliphatic carbocycles. The quantitative estimate of drug-likeness (QED) is 0.775. The number of benzene rings is 2. The summed E-state index contributed by atoms with van der Waals surface area (Å²) in [6, 6.07) is 9.93. The van der Waals surface area contributed by atoms with Gasteiger partial charge in [-0.05, 0) is 23.6 Å². The highest BCUT2D eigenvalue weighted by Crippen LogP contribution is 2.26. The van der Waals surface area contributed by atoms with Crippen LogP contribution >= 0.6 is 11.6 Å². The van der Waals surface area contributed by atoms with Gasteiger partial charge in [0.15, 0.2) is 0 Å². The van der Waals surface area contributed by atoms with Crippen LogP contribution in [0, 0.1) is 7.11 Å². The lowest BCUT2D eigenvalue weighted by Crippen LogP contribution is -2.02. The first-order valence-electron chi connectivity index (χ1n) is 4.41. The molecule has 0 fully saturated rings. The van der Waals surface area contributed by atoms with E-state index in [4.69, 9.17) is 11.6 Å². The van der Waals surface area contributed by atoms with Crippen LogP contribution in [0.5, 0.6) is 0 Å². The highest BCUT2D eigenvalue weighted by Gasteiger charge is 2.16. The fraction of sp³-hybridized carbons (Fsp3) is 0. The third-order valence-electron chi connectivity index (χ3n) is 2.23. The second-order valence-electron chi connectivity index (χ2n) is 3.19. The van der Waals surface area contributed by atoms with Gasteiger partial charge in [-0.25, -0.2) is 0 Å². The van der Waals surface area contributed by atoms with Gasteiger partial charge in [0.1, 0.15) is 4.90 Å². The van der Waals surface area contributed by atoms with Gasteiger partial charge in [0.2, 0.25) is 0 Å². The number of rotatable bonds is 2. The van der Waals surface area contributed by atoms with Crippen LogP contribution in [0.3, 0.4) is 0 Å². The molecule has 0 aliphatic heterocycles. The molecule has 0 heterocycles. The van der Waals surface area contributed by atoms with Crippen molar-refractivity contribution in [3.05, 3.63) is 48.5 Å². The molecule has 0 unspecified atom stereocenters. The molecular formula is C11H8ClO3S. The van der Waals surface area contributed by atoms with Gasteiger partial charge in [-0.1, -0.05) is 29.8 Å². The van der Waals surface area contributed by atoms with Crippen molar-refractivity contribution in [3.63, 3.8) is 0 Å². The van der Waals surface area contributed by atoms with Gasteiger partial charge in [0.25, 0.3) is 10.1 Å². The first-order valence-corrected chi connectivity index (χ1v) is 6.20. The molecule has 2 aromatic carbocycles. The molecule has 83 valence electrons. The van der Waals surface area contributed by atoms with Gasteiger partial charge in [0.05, 0.1) is 7.11 Å². The van der Waals surface area contributed by atoms with Crippen molar-refractivity contribution >= 4 is 32.5 Å². The summed E-state index contributed by atoms with van der Waals surface area (Å²) in [4.78, 5) is 0.0718. The van der Waals surface area contributed by atoms with Crippen molar-refractivity contribution in [2.75, 3.05) is 0 Å². The number of halogens is 1. The molecule has 0 aliphatic rings. The predicted octanol–water partition coefficient (Wildman–Crippen LogP) is 2.99. The van der Waals surface area contributed by atoms with Gasteiger partial charge >= 0.3 is 0 Å². The Morgan fingerprint density at radius 3 is 2.62 bits per heavy atom. The Kier molecular flexibility index (Phi) is 2.88. The van der Waals surface area contributed by atoms with E-state index in [1.165, 1.54) is 6.07 Å². The van der Waals surface area contributed by atoms with Crippen molar-refractivity contribution in [1.29, 1.82) is 0 Å². The third kappa shape index (κ3) is 1.91. The zero-order valence-electron chi connectivity index (χ0n) is 8.18. The van der Waals surface area contributed by atoms with Crippen LogP contribution < -0.4 is 0 Å². The summed E-state index contributed by atoms with van der Waals surface area (Å²) in [7, 11) is -0.869. The zero-order valence-corrected chi connectivity index (χ0v) is 9.75. The fourth-order valence-corrected chi connectivity index (χ4v) is 2.49. The molecule has 0 bridgehead atoms. The van der Waals surface area contributed by atoms with Crippen molar-refractivity contribution < 1.29 is 12.6 Å². The SMILES string of the molecule is [CH2]OS(=O)(=O)c1cccc2ccc(Cl)cc12. The first kappa shape index (κ1) is 11.4. The maximum atomic E-state index is 11.6. The van der Waals surface area contributed by atoms with E-state index < -0.39 is 10.1 Å². The molecule has 2 aromatic rings. The van der Waals surface area contributed by atoms with Gasteiger partial charge < -0.3 is 0 Å². The topological polar surface area (TPSA) is 43.4 Å². The minimum Gasteiger partial charge on any atom is -0.264 e. The van der Waals surface area contributed by atoms with Crippen molar-refractivity contribution in [1.82, 2.24) is 0 Å². The summed E-state index contributed by atoms with van der Waals surface area (Å²) >= 11 is 5.83. The van der Waals surface area contributed by atoms with Gasteiger partial charge in [0, 0.05) is 10.4 Å². The maximum absolute atomic E-state index is 11.6. The Morgan fingerprint density at radius 1 is 1.19 bits per heavy atom. The van der Waals surface area contributed by atoms with E-state index in [0.29, 0.717) is 10.4 Å². The van der Waals surface area contributed by atoms with E-state index in [-0.39, 0.29) is 4.90 Å². The summed E-state index contributed by atoms with van der Waals surface area (Å²) in [6.45, 7) is 0. The van der Waals surface area contributed by atoms with Gasteiger partial charge in [-0.3, -0.25) is 4.18 Å². The average molecular weight is 256 g/mol. The monoisotopic (exact) mass is 255 g/mol. The molecule has 5 heteroatoms. The van der Waals surface area contributed by atoms with E-state index in [0.717, 1.165) is 5.39 Å². The Balaban J connectivity index is 2.85. The van der Waals surface area contributed by atoms with Crippen molar-refractivity contribution in [2.45, 2.75) is 4.90 Å². The van der Waals surface area contributed by atoms with Gasteiger partial charge in [-0.15, -0.1) is 0 Å². The molecule has 2 rings (SSSR count). The first-order chi connectivity index (χ1) is 7.54. The zero-order chi connectivity index (χ0) is 11.8. The van der Waals surface area contributed by atoms with Crippen LogP contribution in [0.1, 0.15) is 0 Å². The predicted molar refractivity (Wildman–Crippen MR) is 62.6 cm³/mol. The normalized spacial score (nSPS) is 11.9. The molecule has 0 atom stereocenters. The fourth-order valence-electron chi connectivity index (χ4n) is 1.50. The van der Waals surface area contributed by atoms with E-state index in [2.05, 4.69) is 11.3 Å². The summed E-state index contributed by atoms with van der Waals surface area (Å²) in [5.41, 5.74) is 0. The highest BCUT2D eigenvalue weighted by atomic mass is 35.5. The van der Waals surface area contributed by atoms with E-state index >= 15 is 0 Å². The van der Waals surface area contributed by atoms with Crippen LogP contribution in [0.2, 0.25) is 5.02 Å². The summed E-state index contributed by atoms with van der Waals surface area (Å²) < 4.78 is 27.4. The second-order valence-corrected chi connectivity index (χ2v) is 5.21. The molecule has 0 saturated heterocycles. The molecule has 0 amide bonds. The van der Waals surface area contributed by atoms with Crippen LogP contribution in [-0.2, 0) is 14.3 Å². The van der Waals surface area contributed by atoms with E-state index in [1.807, 2.05) is 0 Å². The Labute approximate surface area is 98.7 Å². The molecule has 0 aromatic heterocycles. The molecule has 0 saturated carbocycles. The minimum atomic E-state index is -3.81. The smallest absolute Gasteiger partial charge is 0.264 e. The Bertz CT molecular complexity index is 635. The highest BCUT2D eigenvalue weighted by molar-refractivity contribution is 7.87. The maximum Gasteiger partial charge on any atom is 0.297 e. The Hall–Kier alpha value is -1.10. The molecule has 3 nitrogen and oxygen atoms in total. The second kappa shape index (κ2) is 4.05. The van der Waals surface area contributed by atoms with Crippen molar-refractivity contribution in [3.8, 4) is 0 Å². The number of fused-ring (bicyclic) bond motifs is 1. The lowest BCUT2D eigenvalue weighted by Gasteiger charge is -2.06. The molecule has 16 heavy (non-hydrogen) atoms. The van der Waals surface area contributed by atoms with Crippen LogP contribution in [-0.4, -0.2) is 8.42 Å². The lowest BCUT2D eigenvalue weighted by atomic mass is 10.1. The van der Waals surface area contributed by atoms with Crippen LogP contribution in [0.15, 0.2) is 41.3 Å². The lowest BCUT2D eigenvalue weighted by molar-refractivity contribution is 0.439. The van der Waals surface area contributed by atoms with E-state index in [9.17, 15) is 8.42 Å². The summed E-state index contributed by atoms with van der Waals surface area (Å²) in [6.07, 6.45) is 0. The number of hydrogen-bond acceptors (Lipinski definition) is 3. The van der Waals surface area contributed by atoms with Crippen LogP contribution in [0.25, 0.3) is 10.8 Å². The summed E-state index contributed by atoms with van der Waals surface area (Å²) in [5.74, 6) is 0. The van der Waals surface area contributed by atoms with Crippen LogP contribution in [0.4, 0.5) is 0 Å². The molecular weight excluding hydrogens is 248 g/mol. The summed E-state index contributed by atoms with van der Waals surface area (Å²) in [5, 5.41) is 1.78. The average Bonchev–Trinajstić information content (AvgIpc) is 2.28. The standard InChI is InChI=1S/C11H8ClO3S/c1-15-16(13,14)11-4-2-3-8-5-6-9(12)7-10(8)11/h2-7H,1H2. The third-order valence-corrected chi connectivity index (χ3v) is 3.67. The molecule has 0 N–H and O–H groups in total. The van der Waals surface area contributed by atoms with Crippen molar-refractivity contribution in [2.24, 2.45) is 0 Å². The molecule has 1 radical (unpaired) electrons.